The van der Waals surface area contributed by atoms with Crippen LogP contribution < -0.4 is 10.5 Å². The number of guanidine groups is 1. The molecule has 0 aromatic heterocycles. The standard InChI is InChI=1S/C33H52N4O4/c1-2-3-4-11-20-37(28-15-9-6-10-16-28)31(38)17-12-21-40-29-18-19-30-27(22-29)23-36(33(34)35-30)24-32(39)41-25-26-13-7-5-8-14-26/h18-19,22,26,28H,2-17,20-21,23-25H2,1H3,(H2,34,35). The van der Waals surface area contributed by atoms with Crippen molar-refractivity contribution in [2.24, 2.45) is 16.6 Å². The fraction of sp³-hybridized carbons (Fsp3) is 0.727. The number of aliphatic imine (C=N–C) groups is 1. The number of carbonyl (C=O) groups excluding carboxylic acids is 2. The van der Waals surface area contributed by atoms with Gasteiger partial charge in [0, 0.05) is 31.1 Å². The maximum atomic E-state index is 13.2. The molecule has 1 amide bonds. The summed E-state index contributed by atoms with van der Waals surface area (Å²) in [6.07, 6.45) is 18.0. The van der Waals surface area contributed by atoms with Crippen molar-refractivity contribution in [2.75, 3.05) is 26.3 Å². The van der Waals surface area contributed by atoms with Crippen molar-refractivity contribution < 1.29 is 19.1 Å². The van der Waals surface area contributed by atoms with E-state index in [0.717, 1.165) is 55.6 Å². The van der Waals surface area contributed by atoms with Crippen molar-refractivity contribution in [2.45, 2.75) is 122 Å². The summed E-state index contributed by atoms with van der Waals surface area (Å²) in [5.74, 6) is 1.57. The third-order valence-electron chi connectivity index (χ3n) is 8.89. The van der Waals surface area contributed by atoms with Gasteiger partial charge in [0.2, 0.25) is 5.91 Å². The van der Waals surface area contributed by atoms with Gasteiger partial charge >= 0.3 is 5.97 Å². The maximum Gasteiger partial charge on any atom is 0.325 e. The number of nitrogens with zero attached hydrogens (tertiary/aromatic N) is 3. The lowest BCUT2D eigenvalue weighted by atomic mass is 9.90. The highest BCUT2D eigenvalue weighted by molar-refractivity contribution is 5.87. The lowest BCUT2D eigenvalue weighted by Gasteiger charge is -2.34. The van der Waals surface area contributed by atoms with Gasteiger partial charge in [-0.25, -0.2) is 4.99 Å². The SMILES string of the molecule is CCCCCCN(C(=O)CCCOc1ccc2c(c1)CN(CC(=O)OCC1CCCCC1)C(N)=N2)C1CCCCC1. The highest BCUT2D eigenvalue weighted by Crippen LogP contribution is 2.30. The Balaban J connectivity index is 1.22. The average molecular weight is 569 g/mol. The van der Waals surface area contributed by atoms with Gasteiger partial charge < -0.3 is 25.0 Å². The van der Waals surface area contributed by atoms with Crippen molar-refractivity contribution in [3.63, 3.8) is 0 Å². The van der Waals surface area contributed by atoms with Crippen LogP contribution in [0.25, 0.3) is 0 Å². The number of nitrogens with two attached hydrogens (primary N) is 1. The number of ether oxygens (including phenoxy) is 2. The maximum absolute atomic E-state index is 13.2. The molecule has 1 heterocycles. The quantitative estimate of drug-likeness (QED) is 0.192. The number of fused-ring (bicyclic) bond motifs is 1. The Morgan fingerprint density at radius 3 is 2.51 bits per heavy atom. The number of carbonyl (C=O) groups is 2. The van der Waals surface area contributed by atoms with Gasteiger partial charge in [0.25, 0.3) is 0 Å². The summed E-state index contributed by atoms with van der Waals surface area (Å²) in [5.41, 5.74) is 7.93. The Labute approximate surface area is 247 Å². The van der Waals surface area contributed by atoms with Crippen LogP contribution in [0, 0.1) is 5.92 Å². The normalized spacial score (nSPS) is 18.0. The summed E-state index contributed by atoms with van der Waals surface area (Å²) in [6.45, 7) is 4.67. The fourth-order valence-electron chi connectivity index (χ4n) is 6.44. The van der Waals surface area contributed by atoms with E-state index in [0.29, 0.717) is 50.5 Å². The van der Waals surface area contributed by atoms with Gasteiger partial charge in [-0.2, -0.15) is 0 Å². The number of rotatable bonds is 15. The van der Waals surface area contributed by atoms with Crippen LogP contribution in [-0.2, 0) is 20.9 Å². The molecule has 1 aliphatic heterocycles. The zero-order chi connectivity index (χ0) is 28.9. The van der Waals surface area contributed by atoms with E-state index in [9.17, 15) is 9.59 Å². The molecule has 0 spiro atoms. The molecule has 8 nitrogen and oxygen atoms in total. The molecule has 0 saturated heterocycles. The summed E-state index contributed by atoms with van der Waals surface area (Å²) in [4.78, 5) is 34.2. The average Bonchev–Trinajstić information content (AvgIpc) is 2.99. The molecule has 0 atom stereocenters. The minimum Gasteiger partial charge on any atom is -0.494 e. The third kappa shape index (κ3) is 9.93. The van der Waals surface area contributed by atoms with Gasteiger partial charge in [0.1, 0.15) is 12.3 Å². The summed E-state index contributed by atoms with van der Waals surface area (Å²) in [6, 6.07) is 6.19. The van der Waals surface area contributed by atoms with E-state index in [2.05, 4.69) is 16.8 Å². The molecule has 0 unspecified atom stereocenters. The Morgan fingerprint density at radius 2 is 1.76 bits per heavy atom. The summed E-state index contributed by atoms with van der Waals surface area (Å²) in [5, 5.41) is 0. The van der Waals surface area contributed by atoms with E-state index >= 15 is 0 Å². The van der Waals surface area contributed by atoms with Crippen molar-refractivity contribution in [1.29, 1.82) is 0 Å². The highest BCUT2D eigenvalue weighted by Gasteiger charge is 2.25. The van der Waals surface area contributed by atoms with Gasteiger partial charge in [-0.05, 0) is 62.6 Å². The van der Waals surface area contributed by atoms with Crippen molar-refractivity contribution in [3.8, 4) is 5.75 Å². The largest absolute Gasteiger partial charge is 0.494 e. The van der Waals surface area contributed by atoms with E-state index in [1.54, 1.807) is 4.90 Å². The summed E-state index contributed by atoms with van der Waals surface area (Å²) < 4.78 is 11.6. The first kappa shape index (κ1) is 31.2. The second-order valence-corrected chi connectivity index (χ2v) is 12.2. The smallest absolute Gasteiger partial charge is 0.325 e. The molecule has 8 heteroatoms. The fourth-order valence-corrected chi connectivity index (χ4v) is 6.44. The van der Waals surface area contributed by atoms with E-state index < -0.39 is 0 Å². The third-order valence-corrected chi connectivity index (χ3v) is 8.89. The molecule has 3 aliphatic rings. The van der Waals surface area contributed by atoms with Crippen LogP contribution in [0.2, 0.25) is 0 Å². The van der Waals surface area contributed by atoms with Crippen LogP contribution in [0.5, 0.6) is 5.75 Å². The second kappa shape index (κ2) is 16.6. The second-order valence-electron chi connectivity index (χ2n) is 12.2. The molecule has 2 saturated carbocycles. The molecule has 41 heavy (non-hydrogen) atoms. The predicted octanol–water partition coefficient (Wildman–Crippen LogP) is 6.47. The van der Waals surface area contributed by atoms with Crippen LogP contribution in [0.3, 0.4) is 0 Å². The molecular weight excluding hydrogens is 516 g/mol. The summed E-state index contributed by atoms with van der Waals surface area (Å²) >= 11 is 0. The Bertz CT molecular complexity index is 1000. The summed E-state index contributed by atoms with van der Waals surface area (Å²) in [7, 11) is 0. The zero-order valence-corrected chi connectivity index (χ0v) is 25.3. The molecule has 0 radical (unpaired) electrons. The van der Waals surface area contributed by atoms with Crippen LogP contribution in [0.1, 0.15) is 115 Å². The first-order valence-electron chi connectivity index (χ1n) is 16.3. The number of esters is 1. The van der Waals surface area contributed by atoms with Crippen LogP contribution in [0.15, 0.2) is 23.2 Å². The van der Waals surface area contributed by atoms with E-state index in [4.69, 9.17) is 15.2 Å². The van der Waals surface area contributed by atoms with Gasteiger partial charge in [-0.3, -0.25) is 9.59 Å². The molecule has 1 aromatic rings. The molecule has 4 rings (SSSR count). The van der Waals surface area contributed by atoms with Crippen LogP contribution in [0.4, 0.5) is 5.69 Å². The first-order valence-corrected chi connectivity index (χ1v) is 16.3. The monoisotopic (exact) mass is 568 g/mol. The van der Waals surface area contributed by atoms with Gasteiger partial charge in [-0.15, -0.1) is 0 Å². The number of amides is 1. The van der Waals surface area contributed by atoms with Crippen LogP contribution >= 0.6 is 0 Å². The molecule has 1 aromatic carbocycles. The number of hydrogen-bond acceptors (Lipinski definition) is 7. The molecule has 2 fully saturated rings. The topological polar surface area (TPSA) is 97.5 Å². The van der Waals surface area contributed by atoms with Crippen LogP contribution in [-0.4, -0.2) is 60.0 Å². The van der Waals surface area contributed by atoms with Crippen molar-refractivity contribution in [1.82, 2.24) is 9.80 Å². The van der Waals surface area contributed by atoms with E-state index in [1.807, 2.05) is 18.2 Å². The first-order chi connectivity index (χ1) is 20.0. The Hall–Kier alpha value is -2.77. The Morgan fingerprint density at radius 1 is 1.00 bits per heavy atom. The van der Waals surface area contributed by atoms with Crippen molar-refractivity contribution in [3.05, 3.63) is 23.8 Å². The van der Waals surface area contributed by atoms with Gasteiger partial charge in [0.05, 0.1) is 18.9 Å². The Kier molecular flexibility index (Phi) is 12.6. The van der Waals surface area contributed by atoms with Gasteiger partial charge in [-0.1, -0.05) is 64.7 Å². The molecule has 2 aliphatic carbocycles. The molecule has 2 N–H and O–H groups in total. The molecule has 228 valence electrons. The van der Waals surface area contributed by atoms with Gasteiger partial charge in [0.15, 0.2) is 5.96 Å². The zero-order valence-electron chi connectivity index (χ0n) is 25.3. The lowest BCUT2D eigenvalue weighted by molar-refractivity contribution is -0.145. The van der Waals surface area contributed by atoms with E-state index in [1.165, 1.54) is 57.8 Å². The minimum atomic E-state index is -0.262. The highest BCUT2D eigenvalue weighted by atomic mass is 16.5. The van der Waals surface area contributed by atoms with E-state index in [-0.39, 0.29) is 18.4 Å². The lowest BCUT2D eigenvalue weighted by Crippen LogP contribution is -2.42. The molecular formula is C33H52N4O4. The number of benzene rings is 1. The molecule has 0 bridgehead atoms. The number of unbranched alkanes of at least 4 members (excludes halogenated alkanes) is 3. The number of hydrogen-bond donors (Lipinski definition) is 1. The predicted molar refractivity (Wildman–Crippen MR) is 163 cm³/mol. The minimum absolute atomic E-state index is 0.0879. The van der Waals surface area contributed by atoms with Crippen molar-refractivity contribution >= 4 is 23.5 Å².